The van der Waals surface area contributed by atoms with Crippen LogP contribution in [0.25, 0.3) is 10.8 Å². The molecule has 6 rings (SSSR count). The minimum atomic E-state index is -3.35. The molecule has 2 saturated heterocycles. The molecule has 1 unspecified atom stereocenters. The molecule has 0 N–H and O–H groups in total. The van der Waals surface area contributed by atoms with Gasteiger partial charge >= 0.3 is 6.01 Å². The van der Waals surface area contributed by atoms with Gasteiger partial charge in [0.1, 0.15) is 12.4 Å². The monoisotopic (exact) mass is 567 g/mol. The number of hydrogen-bond acceptors (Lipinski definition) is 8. The molecular formula is C29H34ClN5O3S. The van der Waals surface area contributed by atoms with E-state index in [-0.39, 0.29) is 0 Å². The van der Waals surface area contributed by atoms with E-state index in [0.29, 0.717) is 44.7 Å². The topological polar surface area (TPSA) is 78.9 Å². The normalized spacial score (nSPS) is 21.9. The number of aromatic nitrogens is 2. The zero-order valence-corrected chi connectivity index (χ0v) is 23.8. The highest BCUT2D eigenvalue weighted by Gasteiger charge is 2.35. The first-order chi connectivity index (χ1) is 18.8. The van der Waals surface area contributed by atoms with Gasteiger partial charge in [-0.1, -0.05) is 42.4 Å². The van der Waals surface area contributed by atoms with Crippen LogP contribution in [-0.2, 0) is 22.8 Å². The number of nitrogens with zero attached hydrogens (tertiary/aromatic N) is 5. The van der Waals surface area contributed by atoms with E-state index in [1.807, 2.05) is 12.1 Å². The van der Waals surface area contributed by atoms with Crippen LogP contribution in [0, 0.1) is 0 Å². The summed E-state index contributed by atoms with van der Waals surface area (Å²) < 4.78 is 31.3. The first-order valence-electron chi connectivity index (χ1n) is 13.6. The Morgan fingerprint density at radius 2 is 1.92 bits per heavy atom. The summed E-state index contributed by atoms with van der Waals surface area (Å²) in [6, 6.07) is 12.9. The summed E-state index contributed by atoms with van der Waals surface area (Å²) in [5.74, 6) is 0.798. The Morgan fingerprint density at radius 3 is 2.69 bits per heavy atom. The van der Waals surface area contributed by atoms with Crippen molar-refractivity contribution in [3.05, 3.63) is 64.7 Å². The fourth-order valence-electron chi connectivity index (χ4n) is 6.15. The van der Waals surface area contributed by atoms with Gasteiger partial charge < -0.3 is 19.4 Å². The lowest BCUT2D eigenvalue weighted by molar-refractivity contribution is 0.187. The molecule has 3 aliphatic rings. The number of rotatable bonds is 7. The van der Waals surface area contributed by atoms with Gasteiger partial charge in [0.05, 0.1) is 22.5 Å². The molecule has 2 fully saturated rings. The van der Waals surface area contributed by atoms with E-state index in [0.717, 1.165) is 76.3 Å². The highest BCUT2D eigenvalue weighted by molar-refractivity contribution is 7.94. The van der Waals surface area contributed by atoms with E-state index >= 15 is 0 Å². The Balaban J connectivity index is 1.34. The fraction of sp³-hybridized carbons (Fsp3) is 0.448. The summed E-state index contributed by atoms with van der Waals surface area (Å²) in [5.41, 5.74) is 3.07. The molecule has 3 aliphatic heterocycles. The van der Waals surface area contributed by atoms with Crippen LogP contribution in [0.4, 0.5) is 11.5 Å². The summed E-state index contributed by atoms with van der Waals surface area (Å²) in [7, 11) is -1.22. The highest BCUT2D eigenvalue weighted by Crippen LogP contribution is 2.37. The van der Waals surface area contributed by atoms with E-state index in [4.69, 9.17) is 26.3 Å². The van der Waals surface area contributed by atoms with Crippen molar-refractivity contribution in [1.29, 1.82) is 0 Å². The van der Waals surface area contributed by atoms with Gasteiger partial charge in [0.2, 0.25) is 0 Å². The first-order valence-corrected chi connectivity index (χ1v) is 15.6. The maximum atomic E-state index is 12.5. The largest absolute Gasteiger partial charge is 0.462 e. The van der Waals surface area contributed by atoms with Gasteiger partial charge in [-0.3, -0.25) is 0 Å². The SMILES string of the molecule is C=CS(=O)(=O)C1CCN(c2nc(OC[C@@H]3CCCN3C)nc3c2CCN(c2cccc4cccc(Cl)c24)C3)C1. The average Bonchev–Trinajstić information content (AvgIpc) is 3.61. The van der Waals surface area contributed by atoms with Crippen molar-refractivity contribution in [2.45, 2.75) is 43.5 Å². The Hall–Kier alpha value is -2.88. The quantitative estimate of drug-likeness (QED) is 0.414. The Labute approximate surface area is 235 Å². The molecular weight excluding hydrogens is 534 g/mol. The maximum absolute atomic E-state index is 12.5. The Morgan fingerprint density at radius 1 is 1.10 bits per heavy atom. The second-order valence-corrected chi connectivity index (χ2v) is 13.3. The predicted octanol–water partition coefficient (Wildman–Crippen LogP) is 4.46. The van der Waals surface area contributed by atoms with Crippen molar-refractivity contribution in [2.24, 2.45) is 0 Å². The molecule has 2 atom stereocenters. The second kappa shape index (κ2) is 10.6. The molecule has 0 amide bonds. The zero-order valence-electron chi connectivity index (χ0n) is 22.2. The van der Waals surface area contributed by atoms with Crippen molar-refractivity contribution in [1.82, 2.24) is 14.9 Å². The van der Waals surface area contributed by atoms with E-state index in [9.17, 15) is 8.42 Å². The van der Waals surface area contributed by atoms with E-state index < -0.39 is 15.1 Å². The lowest BCUT2D eigenvalue weighted by atomic mass is 10.0. The minimum Gasteiger partial charge on any atom is -0.462 e. The molecule has 1 aromatic heterocycles. The van der Waals surface area contributed by atoms with Crippen LogP contribution in [-0.4, -0.2) is 74.4 Å². The third kappa shape index (κ3) is 5.08. The molecule has 206 valence electrons. The molecule has 39 heavy (non-hydrogen) atoms. The lowest BCUT2D eigenvalue weighted by Crippen LogP contribution is -2.35. The number of hydrogen-bond donors (Lipinski definition) is 0. The standard InChI is InChI=1S/C29H34ClN5O3S/c1-3-39(36,37)22-12-15-35(17-22)28-23-13-16-34(26-11-5-8-20-7-4-10-24(30)27(20)26)18-25(23)31-29(32-28)38-19-21-9-6-14-33(21)2/h3-5,7-8,10-11,21-22H,1,6,9,12-19H2,2H3/t21-,22?/m0/s1. The molecule has 4 heterocycles. The smallest absolute Gasteiger partial charge is 0.318 e. The van der Waals surface area contributed by atoms with Crippen molar-refractivity contribution < 1.29 is 13.2 Å². The number of benzene rings is 2. The van der Waals surface area contributed by atoms with E-state index in [1.54, 1.807) is 0 Å². The third-order valence-electron chi connectivity index (χ3n) is 8.41. The Kier molecular flexibility index (Phi) is 7.16. The van der Waals surface area contributed by atoms with Gasteiger partial charge in [-0.15, -0.1) is 0 Å². The zero-order chi connectivity index (χ0) is 27.1. The summed E-state index contributed by atoms with van der Waals surface area (Å²) >= 11 is 6.66. The first kappa shape index (κ1) is 26.3. The van der Waals surface area contributed by atoms with Crippen LogP contribution in [0.1, 0.15) is 30.5 Å². The van der Waals surface area contributed by atoms with Crippen molar-refractivity contribution in [2.75, 3.05) is 49.6 Å². The number of ether oxygens (including phenoxy) is 1. The molecule has 3 aromatic rings. The number of sulfone groups is 1. The molecule has 0 saturated carbocycles. The van der Waals surface area contributed by atoms with Gasteiger partial charge in [0, 0.05) is 47.7 Å². The van der Waals surface area contributed by atoms with E-state index in [1.165, 1.54) is 0 Å². The van der Waals surface area contributed by atoms with Crippen LogP contribution in [0.3, 0.4) is 0 Å². The van der Waals surface area contributed by atoms with Crippen LogP contribution in [0.5, 0.6) is 6.01 Å². The summed E-state index contributed by atoms with van der Waals surface area (Å²) in [5, 5.41) is 3.47. The van der Waals surface area contributed by atoms with Crippen LogP contribution >= 0.6 is 11.6 Å². The molecule has 10 heteroatoms. The maximum Gasteiger partial charge on any atom is 0.318 e. The number of fused-ring (bicyclic) bond motifs is 2. The third-order valence-corrected chi connectivity index (χ3v) is 10.5. The van der Waals surface area contributed by atoms with Gasteiger partial charge in [-0.2, -0.15) is 9.97 Å². The van der Waals surface area contributed by atoms with Crippen molar-refractivity contribution in [3.63, 3.8) is 0 Å². The Bertz CT molecular complexity index is 1510. The second-order valence-electron chi connectivity index (χ2n) is 10.7. The molecule has 8 nitrogen and oxygen atoms in total. The number of halogens is 1. The number of likely N-dealkylation sites (N-methyl/N-ethyl adjacent to an activating group) is 1. The summed E-state index contributed by atoms with van der Waals surface area (Å²) in [4.78, 5) is 16.5. The number of anilines is 2. The fourth-order valence-corrected chi connectivity index (χ4v) is 7.52. The molecule has 0 spiro atoms. The van der Waals surface area contributed by atoms with Gasteiger partial charge in [-0.25, -0.2) is 8.42 Å². The van der Waals surface area contributed by atoms with Crippen LogP contribution in [0.15, 0.2) is 48.4 Å². The molecule has 2 aromatic carbocycles. The van der Waals surface area contributed by atoms with Gasteiger partial charge in [-0.05, 0) is 56.8 Å². The predicted molar refractivity (Wildman–Crippen MR) is 157 cm³/mol. The van der Waals surface area contributed by atoms with Crippen molar-refractivity contribution in [3.8, 4) is 6.01 Å². The van der Waals surface area contributed by atoms with E-state index in [2.05, 4.69) is 52.6 Å². The molecule has 0 bridgehead atoms. The lowest BCUT2D eigenvalue weighted by Gasteiger charge is -2.33. The summed E-state index contributed by atoms with van der Waals surface area (Å²) in [6.07, 6.45) is 3.55. The average molecular weight is 568 g/mol. The molecule has 0 aliphatic carbocycles. The number of likely N-dealkylation sites (tertiary alicyclic amines) is 1. The van der Waals surface area contributed by atoms with Crippen LogP contribution < -0.4 is 14.5 Å². The highest BCUT2D eigenvalue weighted by atomic mass is 35.5. The molecule has 0 radical (unpaired) electrons. The van der Waals surface area contributed by atoms with Crippen molar-refractivity contribution >= 4 is 43.7 Å². The van der Waals surface area contributed by atoms with Gasteiger partial charge in [0.25, 0.3) is 0 Å². The summed E-state index contributed by atoms with van der Waals surface area (Å²) in [6.45, 7) is 7.51. The van der Waals surface area contributed by atoms with Gasteiger partial charge in [0.15, 0.2) is 9.84 Å². The minimum absolute atomic E-state index is 0.344. The van der Waals surface area contributed by atoms with Crippen LogP contribution in [0.2, 0.25) is 5.02 Å².